The lowest BCUT2D eigenvalue weighted by molar-refractivity contribution is 0.0523. The summed E-state index contributed by atoms with van der Waals surface area (Å²) >= 11 is 0. The van der Waals surface area contributed by atoms with E-state index in [-0.39, 0.29) is 11.5 Å². The predicted molar refractivity (Wildman–Crippen MR) is 138 cm³/mol. The highest BCUT2D eigenvalue weighted by molar-refractivity contribution is 5.67. The molecule has 0 fully saturated rings. The number of aromatic amines is 1. The summed E-state index contributed by atoms with van der Waals surface area (Å²) in [5.74, 6) is 0. The first-order valence-electron chi connectivity index (χ1n) is 12.6. The summed E-state index contributed by atoms with van der Waals surface area (Å²) in [4.78, 5) is 18.0. The van der Waals surface area contributed by atoms with E-state index in [0.717, 1.165) is 12.0 Å². The van der Waals surface area contributed by atoms with E-state index in [4.69, 9.17) is 4.74 Å². The minimum absolute atomic E-state index is 0.0685. The third-order valence-corrected chi connectivity index (χ3v) is 6.10. The molecule has 1 aromatic carbocycles. The first kappa shape index (κ1) is 27.0. The van der Waals surface area contributed by atoms with Crippen molar-refractivity contribution in [2.75, 3.05) is 19.6 Å². The molecule has 2 N–H and O–H groups in total. The van der Waals surface area contributed by atoms with Gasteiger partial charge >= 0.3 is 6.09 Å². The maximum Gasteiger partial charge on any atom is 0.407 e. The number of hydrogen-bond donors (Lipinski definition) is 2. The fourth-order valence-corrected chi connectivity index (χ4v) is 4.37. The molecule has 33 heavy (non-hydrogen) atoms. The highest BCUT2D eigenvalue weighted by Crippen LogP contribution is 2.36. The number of alkyl carbamates (subject to hydrolysis) is 1. The van der Waals surface area contributed by atoms with Crippen LogP contribution in [0.4, 0.5) is 4.79 Å². The molecule has 0 bridgehead atoms. The fraction of sp³-hybridized carbons (Fsp3) is 0.607. The molecule has 0 saturated heterocycles. The molecule has 1 amide bonds. The van der Waals surface area contributed by atoms with Crippen LogP contribution in [0.15, 0.2) is 42.6 Å². The number of carbonyl (C=O) groups excluding carboxylic acids is 1. The van der Waals surface area contributed by atoms with Crippen LogP contribution in [0.1, 0.15) is 90.5 Å². The van der Waals surface area contributed by atoms with Gasteiger partial charge in [-0.1, -0.05) is 44.5 Å². The number of benzene rings is 1. The number of unbranched alkanes of at least 4 members (excludes halogenated alkanes) is 1. The molecule has 1 aromatic heterocycles. The summed E-state index contributed by atoms with van der Waals surface area (Å²) in [5.41, 5.74) is 3.05. The monoisotopic (exact) mass is 455 g/mol. The van der Waals surface area contributed by atoms with E-state index in [1.165, 1.54) is 56.6 Å². The van der Waals surface area contributed by atoms with Crippen molar-refractivity contribution in [2.24, 2.45) is 0 Å². The molecule has 5 heteroatoms. The van der Waals surface area contributed by atoms with Crippen molar-refractivity contribution in [1.82, 2.24) is 15.2 Å². The maximum atomic E-state index is 11.9. The van der Waals surface area contributed by atoms with Crippen LogP contribution in [-0.4, -0.2) is 41.2 Å². The van der Waals surface area contributed by atoms with Gasteiger partial charge in [-0.05, 0) is 96.3 Å². The van der Waals surface area contributed by atoms with Gasteiger partial charge < -0.3 is 19.9 Å². The first-order valence-corrected chi connectivity index (χ1v) is 12.6. The summed E-state index contributed by atoms with van der Waals surface area (Å²) in [5, 5.41) is 2.84. The Bertz CT molecular complexity index is 803. The van der Waals surface area contributed by atoms with Crippen LogP contribution in [0, 0.1) is 0 Å². The number of nitrogens with one attached hydrogen (secondary N) is 2. The van der Waals surface area contributed by atoms with Gasteiger partial charge in [0.05, 0.1) is 0 Å². The Morgan fingerprint density at radius 3 is 2.18 bits per heavy atom. The molecule has 1 heterocycles. The van der Waals surface area contributed by atoms with Crippen molar-refractivity contribution in [3.05, 3.63) is 59.4 Å². The normalized spacial score (nSPS) is 13.7. The second-order valence-electron chi connectivity index (χ2n) is 10.3. The topological polar surface area (TPSA) is 57.4 Å². The SMILES string of the molecule is CCCN(CCC)CCCCC(C)(c1ccc(CNC(=O)OC(C)(C)C)cc1)c1ccc[nH]1. The van der Waals surface area contributed by atoms with Crippen molar-refractivity contribution in [2.45, 2.75) is 91.2 Å². The molecule has 2 aromatic rings. The molecule has 0 aliphatic rings. The lowest BCUT2D eigenvalue weighted by atomic mass is 9.75. The average molecular weight is 456 g/mol. The minimum atomic E-state index is -0.490. The molecule has 0 spiro atoms. The standard InChI is InChI=1S/C28H45N3O2/c1-7-19-31(20-8-2)21-10-9-17-28(6,25-12-11-18-29-25)24-15-13-23(14-16-24)22-30-26(32)33-27(3,4)5/h11-16,18,29H,7-10,17,19-22H2,1-6H3,(H,30,32). The average Bonchev–Trinajstić information content (AvgIpc) is 3.30. The van der Waals surface area contributed by atoms with Gasteiger partial charge in [-0.2, -0.15) is 0 Å². The van der Waals surface area contributed by atoms with Crippen molar-refractivity contribution in [3.8, 4) is 0 Å². The lowest BCUT2D eigenvalue weighted by Crippen LogP contribution is -2.32. The maximum absolute atomic E-state index is 11.9. The van der Waals surface area contributed by atoms with E-state index in [9.17, 15) is 4.79 Å². The Morgan fingerprint density at radius 2 is 1.64 bits per heavy atom. The second-order valence-corrected chi connectivity index (χ2v) is 10.3. The summed E-state index contributed by atoms with van der Waals surface area (Å²) < 4.78 is 5.33. The molecule has 2 rings (SSSR count). The number of nitrogens with zero attached hydrogens (tertiary/aromatic N) is 1. The van der Waals surface area contributed by atoms with Crippen molar-refractivity contribution in [3.63, 3.8) is 0 Å². The smallest absolute Gasteiger partial charge is 0.407 e. The van der Waals surface area contributed by atoms with E-state index < -0.39 is 5.60 Å². The summed E-state index contributed by atoms with van der Waals surface area (Å²) in [7, 11) is 0. The number of H-pyrrole nitrogens is 1. The number of aromatic nitrogens is 1. The highest BCUT2D eigenvalue weighted by Gasteiger charge is 2.29. The van der Waals surface area contributed by atoms with E-state index in [0.29, 0.717) is 6.54 Å². The van der Waals surface area contributed by atoms with Crippen LogP contribution in [0.5, 0.6) is 0 Å². The zero-order chi connectivity index (χ0) is 24.3. The van der Waals surface area contributed by atoms with Gasteiger partial charge in [0.25, 0.3) is 0 Å². The van der Waals surface area contributed by atoms with Gasteiger partial charge in [0.1, 0.15) is 5.60 Å². The third kappa shape index (κ3) is 8.88. The zero-order valence-corrected chi connectivity index (χ0v) is 21.7. The van der Waals surface area contributed by atoms with Gasteiger partial charge in [0.15, 0.2) is 0 Å². The van der Waals surface area contributed by atoms with Crippen molar-refractivity contribution < 1.29 is 9.53 Å². The van der Waals surface area contributed by atoms with Crippen LogP contribution in [0.25, 0.3) is 0 Å². The van der Waals surface area contributed by atoms with Crippen LogP contribution in [-0.2, 0) is 16.7 Å². The Balaban J connectivity index is 2.01. The molecule has 1 unspecified atom stereocenters. The molecule has 0 aliphatic heterocycles. The minimum Gasteiger partial charge on any atom is -0.444 e. The van der Waals surface area contributed by atoms with Crippen molar-refractivity contribution >= 4 is 6.09 Å². The molecular formula is C28H45N3O2. The van der Waals surface area contributed by atoms with E-state index >= 15 is 0 Å². The third-order valence-electron chi connectivity index (χ3n) is 6.10. The molecule has 5 nitrogen and oxygen atoms in total. The molecular weight excluding hydrogens is 410 g/mol. The van der Waals surface area contributed by atoms with Crippen LogP contribution < -0.4 is 5.32 Å². The van der Waals surface area contributed by atoms with E-state index in [1.807, 2.05) is 27.0 Å². The number of ether oxygens (including phenoxy) is 1. The van der Waals surface area contributed by atoms with Gasteiger partial charge in [-0.15, -0.1) is 0 Å². The quantitative estimate of drug-likeness (QED) is 0.333. The summed E-state index contributed by atoms with van der Waals surface area (Å²) in [6.07, 6.45) is 7.55. The summed E-state index contributed by atoms with van der Waals surface area (Å²) in [6, 6.07) is 12.9. The fourth-order valence-electron chi connectivity index (χ4n) is 4.37. The molecule has 0 saturated carbocycles. The Kier molecular flexibility index (Phi) is 10.5. The highest BCUT2D eigenvalue weighted by atomic mass is 16.6. The first-order chi connectivity index (χ1) is 15.7. The van der Waals surface area contributed by atoms with Crippen LogP contribution >= 0.6 is 0 Å². The lowest BCUT2D eigenvalue weighted by Gasteiger charge is -2.30. The van der Waals surface area contributed by atoms with E-state index in [1.54, 1.807) is 0 Å². The zero-order valence-electron chi connectivity index (χ0n) is 21.7. The molecule has 0 radical (unpaired) electrons. The number of hydrogen-bond acceptors (Lipinski definition) is 3. The number of carbonyl (C=O) groups is 1. The van der Waals surface area contributed by atoms with Gasteiger partial charge in [-0.3, -0.25) is 0 Å². The van der Waals surface area contributed by atoms with Gasteiger partial charge in [0, 0.05) is 23.9 Å². The van der Waals surface area contributed by atoms with Crippen molar-refractivity contribution in [1.29, 1.82) is 0 Å². The Labute approximate surface area is 201 Å². The number of amides is 1. The molecule has 184 valence electrons. The van der Waals surface area contributed by atoms with Crippen LogP contribution in [0.3, 0.4) is 0 Å². The summed E-state index contributed by atoms with van der Waals surface area (Å²) in [6.45, 7) is 16.5. The van der Waals surface area contributed by atoms with Gasteiger partial charge in [-0.25, -0.2) is 4.79 Å². The van der Waals surface area contributed by atoms with Gasteiger partial charge in [0.2, 0.25) is 0 Å². The Morgan fingerprint density at radius 1 is 0.970 bits per heavy atom. The number of rotatable bonds is 13. The molecule has 0 aliphatic carbocycles. The predicted octanol–water partition coefficient (Wildman–Crippen LogP) is 6.64. The second kappa shape index (κ2) is 12.8. The molecule has 1 atom stereocenters. The van der Waals surface area contributed by atoms with E-state index in [2.05, 4.69) is 72.4 Å². The Hall–Kier alpha value is -2.27. The van der Waals surface area contributed by atoms with Crippen LogP contribution in [0.2, 0.25) is 0 Å². The largest absolute Gasteiger partial charge is 0.444 e.